The van der Waals surface area contributed by atoms with Gasteiger partial charge in [-0.15, -0.1) is 6.42 Å². The summed E-state index contributed by atoms with van der Waals surface area (Å²) in [5.74, 6) is 1.78. The molecule has 1 aliphatic heterocycles. The second kappa shape index (κ2) is 8.04. The van der Waals surface area contributed by atoms with Gasteiger partial charge in [0, 0.05) is 24.7 Å². The van der Waals surface area contributed by atoms with Crippen molar-refractivity contribution in [3.63, 3.8) is 0 Å². The minimum absolute atomic E-state index is 0.133. The van der Waals surface area contributed by atoms with Gasteiger partial charge in [-0.2, -0.15) is 0 Å². The Balaban J connectivity index is 0.000000236. The summed E-state index contributed by atoms with van der Waals surface area (Å²) in [5.41, 5.74) is 7.39. The molecule has 3 N–H and O–H groups in total. The number of aliphatic hydroxyl groups excluding tert-OH is 1. The third-order valence-corrected chi connectivity index (χ3v) is 3.61. The summed E-state index contributed by atoms with van der Waals surface area (Å²) in [6, 6.07) is 7.28. The summed E-state index contributed by atoms with van der Waals surface area (Å²) in [6.07, 6.45) is 8.07. The first-order valence-corrected chi connectivity index (χ1v) is 7.54. The molecule has 2 heterocycles. The Bertz CT molecular complexity index is 817. The Hall–Kier alpha value is -3.24. The van der Waals surface area contributed by atoms with Gasteiger partial charge in [-0.25, -0.2) is 4.98 Å². The maximum Gasteiger partial charge on any atom is 0.268 e. The third-order valence-electron chi connectivity index (χ3n) is 3.61. The van der Waals surface area contributed by atoms with Crippen LogP contribution in [-0.4, -0.2) is 51.5 Å². The van der Waals surface area contributed by atoms with Crippen LogP contribution in [0.2, 0.25) is 0 Å². The number of amides is 2. The van der Waals surface area contributed by atoms with Gasteiger partial charge in [-0.1, -0.05) is 18.1 Å². The van der Waals surface area contributed by atoms with Gasteiger partial charge in [0.25, 0.3) is 11.8 Å². The number of likely N-dealkylation sites (N-methyl/N-ethyl adjacent to an activating group) is 1. The third kappa shape index (κ3) is 4.62. The normalized spacial score (nSPS) is 16.0. The second-order valence-electron chi connectivity index (χ2n) is 5.44. The molecule has 25 heavy (non-hydrogen) atoms. The van der Waals surface area contributed by atoms with Gasteiger partial charge in [0.2, 0.25) is 0 Å². The first-order valence-electron chi connectivity index (χ1n) is 7.54. The van der Waals surface area contributed by atoms with Crippen molar-refractivity contribution < 1.29 is 14.7 Å². The molecule has 1 fully saturated rings. The van der Waals surface area contributed by atoms with Gasteiger partial charge in [0.1, 0.15) is 11.8 Å². The molecule has 0 bridgehead atoms. The van der Waals surface area contributed by atoms with E-state index in [-0.39, 0.29) is 11.6 Å². The van der Waals surface area contributed by atoms with Crippen molar-refractivity contribution in [2.24, 2.45) is 5.73 Å². The fourth-order valence-corrected chi connectivity index (χ4v) is 2.20. The number of carbonyl (C=O) groups is 2. The number of primary amides is 1. The molecule has 0 radical (unpaired) electrons. The van der Waals surface area contributed by atoms with E-state index in [0.29, 0.717) is 18.7 Å². The average Bonchev–Trinajstić information content (AvgIpc) is 2.93. The zero-order chi connectivity index (χ0) is 18.4. The average molecular weight is 338 g/mol. The molecular weight excluding hydrogens is 320 g/mol. The highest BCUT2D eigenvalue weighted by Crippen LogP contribution is 2.17. The molecule has 7 nitrogen and oxygen atoms in total. The molecule has 1 aliphatic rings. The van der Waals surface area contributed by atoms with Crippen molar-refractivity contribution in [1.29, 1.82) is 0 Å². The number of hydrogen-bond donors (Lipinski definition) is 2. The quantitative estimate of drug-likeness (QED) is 0.772. The standard InChI is InChI=1S/C13H9N3O.C5H9NO2/c1-2-9-4-3-5-10(6-9)11-7-15-8-12(16-11)13(14)17;1-6-3-2-4(7)5(6)8/h1,3-8H,(H2,14,17);4,7H,2-3H2,1H3/t;4-/m.0/s1. The van der Waals surface area contributed by atoms with E-state index >= 15 is 0 Å². The van der Waals surface area contributed by atoms with Crippen molar-refractivity contribution in [3.05, 3.63) is 47.9 Å². The fourth-order valence-electron chi connectivity index (χ4n) is 2.20. The largest absolute Gasteiger partial charge is 0.383 e. The Morgan fingerprint density at radius 2 is 2.20 bits per heavy atom. The molecule has 1 aromatic carbocycles. The number of nitrogens with two attached hydrogens (primary N) is 1. The van der Waals surface area contributed by atoms with Crippen LogP contribution < -0.4 is 5.73 Å². The van der Waals surface area contributed by atoms with Crippen LogP contribution in [0.4, 0.5) is 0 Å². The summed E-state index contributed by atoms with van der Waals surface area (Å²) in [4.78, 5) is 31.1. The number of hydrogen-bond acceptors (Lipinski definition) is 5. The lowest BCUT2D eigenvalue weighted by Crippen LogP contribution is -2.24. The number of benzene rings is 1. The predicted octanol–water partition coefficient (Wildman–Crippen LogP) is 0.433. The number of nitrogens with zero attached hydrogens (tertiary/aromatic N) is 3. The van der Waals surface area contributed by atoms with Crippen LogP contribution in [0.15, 0.2) is 36.7 Å². The topological polar surface area (TPSA) is 109 Å². The van der Waals surface area contributed by atoms with Crippen LogP contribution in [0.3, 0.4) is 0 Å². The molecule has 0 aliphatic carbocycles. The number of likely N-dealkylation sites (tertiary alicyclic amines) is 1. The zero-order valence-electron chi connectivity index (χ0n) is 13.7. The molecule has 1 saturated heterocycles. The minimum atomic E-state index is -0.722. The second-order valence-corrected chi connectivity index (χ2v) is 5.44. The van der Waals surface area contributed by atoms with Crippen LogP contribution >= 0.6 is 0 Å². The summed E-state index contributed by atoms with van der Waals surface area (Å²) >= 11 is 0. The molecule has 128 valence electrons. The van der Waals surface area contributed by atoms with E-state index in [1.807, 2.05) is 18.2 Å². The molecule has 3 rings (SSSR count). The first kappa shape index (κ1) is 18.1. The molecular formula is C18H18N4O3. The number of aliphatic hydroxyl groups is 1. The van der Waals surface area contributed by atoms with Gasteiger partial charge in [0.15, 0.2) is 0 Å². The van der Waals surface area contributed by atoms with E-state index in [2.05, 4.69) is 15.9 Å². The molecule has 0 unspecified atom stereocenters. The van der Waals surface area contributed by atoms with Crippen molar-refractivity contribution in [2.75, 3.05) is 13.6 Å². The smallest absolute Gasteiger partial charge is 0.268 e. The Morgan fingerprint density at radius 3 is 2.72 bits per heavy atom. The Labute approximate surface area is 145 Å². The lowest BCUT2D eigenvalue weighted by molar-refractivity contribution is -0.133. The maximum absolute atomic E-state index is 11.0. The van der Waals surface area contributed by atoms with Crippen LogP contribution in [0.25, 0.3) is 11.3 Å². The molecule has 7 heteroatoms. The lowest BCUT2D eigenvalue weighted by Gasteiger charge is -2.04. The van der Waals surface area contributed by atoms with E-state index in [0.717, 1.165) is 11.1 Å². The van der Waals surface area contributed by atoms with Crippen molar-refractivity contribution >= 4 is 11.8 Å². The van der Waals surface area contributed by atoms with E-state index in [4.69, 9.17) is 17.3 Å². The molecule has 2 aromatic rings. The van der Waals surface area contributed by atoms with Crippen molar-refractivity contribution in [1.82, 2.24) is 14.9 Å². The van der Waals surface area contributed by atoms with Crippen LogP contribution in [0.5, 0.6) is 0 Å². The lowest BCUT2D eigenvalue weighted by atomic mass is 10.1. The Morgan fingerprint density at radius 1 is 1.44 bits per heavy atom. The summed E-state index contributed by atoms with van der Waals surface area (Å²) in [6.45, 7) is 0.694. The Kier molecular flexibility index (Phi) is 5.82. The summed E-state index contributed by atoms with van der Waals surface area (Å²) in [5, 5.41) is 8.78. The number of rotatable bonds is 2. The molecule has 0 saturated carbocycles. The van der Waals surface area contributed by atoms with Crippen molar-refractivity contribution in [3.8, 4) is 23.6 Å². The summed E-state index contributed by atoms with van der Waals surface area (Å²) < 4.78 is 0. The van der Waals surface area contributed by atoms with Gasteiger partial charge in [-0.3, -0.25) is 14.6 Å². The van der Waals surface area contributed by atoms with Crippen LogP contribution in [-0.2, 0) is 4.79 Å². The van der Waals surface area contributed by atoms with E-state index < -0.39 is 12.0 Å². The van der Waals surface area contributed by atoms with E-state index in [1.54, 1.807) is 19.3 Å². The fraction of sp³-hybridized carbons (Fsp3) is 0.222. The van der Waals surface area contributed by atoms with Gasteiger partial charge in [-0.05, 0) is 18.6 Å². The first-order chi connectivity index (χ1) is 11.9. The van der Waals surface area contributed by atoms with E-state index in [9.17, 15) is 9.59 Å². The SMILES string of the molecule is C#Cc1cccc(-c2cncc(C(N)=O)n2)c1.CN1CC[C@H](O)C1=O. The number of aromatic nitrogens is 2. The van der Waals surface area contributed by atoms with E-state index in [1.165, 1.54) is 11.1 Å². The molecule has 1 aromatic heterocycles. The number of terminal acetylenes is 1. The highest BCUT2D eigenvalue weighted by Gasteiger charge is 2.25. The molecule has 2 amide bonds. The maximum atomic E-state index is 11.0. The minimum Gasteiger partial charge on any atom is -0.383 e. The van der Waals surface area contributed by atoms with Crippen LogP contribution in [0, 0.1) is 12.3 Å². The molecule has 0 spiro atoms. The highest BCUT2D eigenvalue weighted by atomic mass is 16.3. The van der Waals surface area contributed by atoms with Crippen molar-refractivity contribution in [2.45, 2.75) is 12.5 Å². The highest BCUT2D eigenvalue weighted by molar-refractivity contribution is 5.90. The summed E-state index contributed by atoms with van der Waals surface area (Å²) in [7, 11) is 1.69. The van der Waals surface area contributed by atoms with Gasteiger partial charge in [0.05, 0.1) is 18.1 Å². The zero-order valence-corrected chi connectivity index (χ0v) is 13.7. The monoisotopic (exact) mass is 338 g/mol. The number of carbonyl (C=O) groups excluding carboxylic acids is 2. The van der Waals surface area contributed by atoms with Crippen LogP contribution in [0.1, 0.15) is 22.5 Å². The van der Waals surface area contributed by atoms with Gasteiger partial charge < -0.3 is 15.7 Å². The molecule has 1 atom stereocenters. The van der Waals surface area contributed by atoms with Gasteiger partial charge >= 0.3 is 0 Å². The predicted molar refractivity (Wildman–Crippen MR) is 92.2 cm³/mol.